The number of hydrogen-bond donors (Lipinski definition) is 0. The van der Waals surface area contributed by atoms with E-state index >= 15 is 0 Å². The third-order valence-corrected chi connectivity index (χ3v) is 8.89. The van der Waals surface area contributed by atoms with Gasteiger partial charge < -0.3 is 9.64 Å². The fourth-order valence-electron chi connectivity index (χ4n) is 6.49. The lowest BCUT2D eigenvalue weighted by molar-refractivity contribution is -0.143. The SMILES string of the molecule is C[C@@H](OC1CN2C(=O)C=C(C3=CCN(C(C)(C)C)CC3)CC2[C@@H]1c1ccc(F)cc1)c1cc(C(F)(F)F)cc(C(F)(F)F)c1. The Hall–Kier alpha value is -3.18. The van der Waals surface area contributed by atoms with Gasteiger partial charge in [-0.25, -0.2) is 4.39 Å². The highest BCUT2D eigenvalue weighted by atomic mass is 19.4. The maximum atomic E-state index is 13.9. The van der Waals surface area contributed by atoms with Crippen LogP contribution in [0.15, 0.2) is 65.8 Å². The van der Waals surface area contributed by atoms with E-state index in [4.69, 9.17) is 4.74 Å². The van der Waals surface area contributed by atoms with Crippen LogP contribution in [-0.4, -0.2) is 53.0 Å². The van der Waals surface area contributed by atoms with Crippen LogP contribution in [0.3, 0.4) is 0 Å². The van der Waals surface area contributed by atoms with E-state index in [0.717, 1.165) is 30.7 Å². The third kappa shape index (κ3) is 6.73. The Morgan fingerprint density at radius 3 is 2.05 bits per heavy atom. The minimum atomic E-state index is -4.99. The van der Waals surface area contributed by atoms with Crippen molar-refractivity contribution in [2.45, 2.75) is 82.6 Å². The van der Waals surface area contributed by atoms with Crippen LogP contribution in [0.25, 0.3) is 0 Å². The van der Waals surface area contributed by atoms with Crippen molar-refractivity contribution in [3.05, 3.63) is 93.8 Å². The summed E-state index contributed by atoms with van der Waals surface area (Å²) >= 11 is 0. The Balaban J connectivity index is 1.45. The summed E-state index contributed by atoms with van der Waals surface area (Å²) < 4.78 is 101. The van der Waals surface area contributed by atoms with Crippen LogP contribution in [0.2, 0.25) is 0 Å². The largest absolute Gasteiger partial charge is 0.416 e. The molecule has 238 valence electrons. The van der Waals surface area contributed by atoms with Crippen molar-refractivity contribution in [3.8, 4) is 0 Å². The highest BCUT2D eigenvalue weighted by Gasteiger charge is 2.48. The van der Waals surface area contributed by atoms with Crippen molar-refractivity contribution in [2.75, 3.05) is 19.6 Å². The molecule has 4 atom stereocenters. The predicted octanol–water partition coefficient (Wildman–Crippen LogP) is 8.06. The Morgan fingerprint density at radius 2 is 1.52 bits per heavy atom. The molecule has 0 spiro atoms. The molecular formula is C33H35F7N2O2. The molecule has 1 amide bonds. The minimum absolute atomic E-state index is 0.00351. The highest BCUT2D eigenvalue weighted by Crippen LogP contribution is 2.45. The van der Waals surface area contributed by atoms with Crippen molar-refractivity contribution >= 4 is 5.91 Å². The molecular weight excluding hydrogens is 589 g/mol. The van der Waals surface area contributed by atoms with E-state index in [1.165, 1.54) is 19.1 Å². The van der Waals surface area contributed by atoms with E-state index in [2.05, 4.69) is 31.7 Å². The summed E-state index contributed by atoms with van der Waals surface area (Å²) in [5, 5.41) is 0. The molecule has 5 rings (SSSR count). The molecule has 0 bridgehead atoms. The lowest BCUT2D eigenvalue weighted by Gasteiger charge is -2.39. The number of alkyl halides is 6. The van der Waals surface area contributed by atoms with Gasteiger partial charge in [-0.1, -0.05) is 18.2 Å². The molecule has 2 unspecified atom stereocenters. The Kier molecular flexibility index (Phi) is 8.52. The van der Waals surface area contributed by atoms with Crippen LogP contribution in [0.4, 0.5) is 30.7 Å². The Labute approximate surface area is 252 Å². The van der Waals surface area contributed by atoms with E-state index < -0.39 is 47.4 Å². The standard InChI is InChI=1S/C33H35F7N2O2/c1-19(22-13-24(32(35,36)37)17-25(14-22)33(38,39)40)44-28-18-42-27(30(28)21-5-7-26(34)8-6-21)15-23(16-29(42)43)20-9-11-41(12-10-20)31(2,3)4/h5-9,13-14,16-17,19,27-28,30H,10-12,15,18H2,1-4H3/t19-,27?,28?,30+/m1/s1. The average Bonchev–Trinajstić information content (AvgIpc) is 3.30. The van der Waals surface area contributed by atoms with Crippen LogP contribution in [0, 0.1) is 5.82 Å². The summed E-state index contributed by atoms with van der Waals surface area (Å²) in [6, 6.07) is 6.76. The number of halogens is 7. The van der Waals surface area contributed by atoms with Crippen LogP contribution in [0.5, 0.6) is 0 Å². The number of ether oxygens (including phenoxy) is 1. The number of fused-ring (bicyclic) bond motifs is 1. The normalized spacial score (nSPS) is 24.2. The highest BCUT2D eigenvalue weighted by molar-refractivity contribution is 5.91. The van der Waals surface area contributed by atoms with Gasteiger partial charge in [0.15, 0.2) is 0 Å². The average molecular weight is 625 g/mol. The van der Waals surface area contributed by atoms with Crippen molar-refractivity contribution in [1.82, 2.24) is 9.80 Å². The summed E-state index contributed by atoms with van der Waals surface area (Å²) in [5.74, 6) is -1.19. The molecule has 0 aromatic heterocycles. The van der Waals surface area contributed by atoms with Gasteiger partial charge >= 0.3 is 12.4 Å². The van der Waals surface area contributed by atoms with Crippen molar-refractivity contribution < 1.29 is 40.3 Å². The molecule has 4 nitrogen and oxygen atoms in total. The molecule has 0 aliphatic carbocycles. The summed E-state index contributed by atoms with van der Waals surface area (Å²) in [4.78, 5) is 17.4. The topological polar surface area (TPSA) is 32.8 Å². The first-order valence-corrected chi connectivity index (χ1v) is 14.6. The van der Waals surface area contributed by atoms with E-state index in [-0.39, 0.29) is 35.7 Å². The van der Waals surface area contributed by atoms with Gasteiger partial charge in [-0.2, -0.15) is 26.3 Å². The lowest BCUT2D eigenvalue weighted by atomic mass is 9.82. The second-order valence-corrected chi connectivity index (χ2v) is 12.8. The van der Waals surface area contributed by atoms with Crippen LogP contribution in [0.1, 0.15) is 74.8 Å². The predicted molar refractivity (Wildman–Crippen MR) is 151 cm³/mol. The van der Waals surface area contributed by atoms with Crippen LogP contribution >= 0.6 is 0 Å². The number of rotatable bonds is 5. The number of benzene rings is 2. The van der Waals surface area contributed by atoms with Gasteiger partial charge in [-0.05, 0) is 93.1 Å². The molecule has 3 heterocycles. The van der Waals surface area contributed by atoms with Crippen LogP contribution in [-0.2, 0) is 21.9 Å². The fraction of sp³-hybridized carbons (Fsp3) is 0.485. The van der Waals surface area contributed by atoms with Gasteiger partial charge in [-0.3, -0.25) is 9.69 Å². The molecule has 0 N–H and O–H groups in total. The first-order chi connectivity index (χ1) is 20.4. The summed E-state index contributed by atoms with van der Waals surface area (Å²) in [6.07, 6.45) is -6.92. The first kappa shape index (κ1) is 32.2. The van der Waals surface area contributed by atoms with Gasteiger partial charge in [0.2, 0.25) is 5.91 Å². The molecule has 1 fully saturated rings. The Morgan fingerprint density at radius 1 is 0.909 bits per heavy atom. The van der Waals surface area contributed by atoms with E-state index in [1.807, 2.05) is 0 Å². The van der Waals surface area contributed by atoms with E-state index in [0.29, 0.717) is 24.1 Å². The molecule has 0 radical (unpaired) electrons. The van der Waals surface area contributed by atoms with Crippen LogP contribution < -0.4 is 0 Å². The third-order valence-electron chi connectivity index (χ3n) is 8.89. The molecule has 0 saturated carbocycles. The molecule has 3 aliphatic rings. The van der Waals surface area contributed by atoms with Gasteiger partial charge in [0.1, 0.15) is 5.82 Å². The second-order valence-electron chi connectivity index (χ2n) is 12.8. The fourth-order valence-corrected chi connectivity index (χ4v) is 6.49. The first-order valence-electron chi connectivity index (χ1n) is 14.6. The maximum absolute atomic E-state index is 13.9. The molecule has 2 aromatic rings. The maximum Gasteiger partial charge on any atom is 0.416 e. The van der Waals surface area contributed by atoms with Gasteiger partial charge in [0.25, 0.3) is 0 Å². The number of carbonyl (C=O) groups is 1. The minimum Gasteiger partial charge on any atom is -0.368 e. The zero-order chi connectivity index (χ0) is 32.2. The molecule has 1 saturated heterocycles. The lowest BCUT2D eigenvalue weighted by Crippen LogP contribution is -2.44. The summed E-state index contributed by atoms with van der Waals surface area (Å²) in [5.41, 5.74) is -0.484. The summed E-state index contributed by atoms with van der Waals surface area (Å²) in [6.45, 7) is 9.47. The molecule has 3 aliphatic heterocycles. The molecule has 11 heteroatoms. The van der Waals surface area contributed by atoms with E-state index in [1.54, 1.807) is 23.1 Å². The van der Waals surface area contributed by atoms with Gasteiger partial charge in [-0.15, -0.1) is 0 Å². The van der Waals surface area contributed by atoms with Gasteiger partial charge in [0, 0.05) is 43.2 Å². The number of amides is 1. The Bertz CT molecular complexity index is 1420. The molecule has 2 aromatic carbocycles. The van der Waals surface area contributed by atoms with E-state index in [9.17, 15) is 35.5 Å². The quantitative estimate of drug-likeness (QED) is 0.316. The number of nitrogens with zero attached hydrogens (tertiary/aromatic N) is 2. The zero-order valence-electron chi connectivity index (χ0n) is 24.9. The van der Waals surface area contributed by atoms with Crippen molar-refractivity contribution in [3.63, 3.8) is 0 Å². The summed E-state index contributed by atoms with van der Waals surface area (Å²) in [7, 11) is 0. The monoisotopic (exact) mass is 624 g/mol. The van der Waals surface area contributed by atoms with Gasteiger partial charge in [0.05, 0.1) is 23.3 Å². The van der Waals surface area contributed by atoms with Crippen molar-refractivity contribution in [2.24, 2.45) is 0 Å². The second kappa shape index (κ2) is 11.6. The number of hydrogen-bond acceptors (Lipinski definition) is 3. The smallest absolute Gasteiger partial charge is 0.368 e. The molecule has 44 heavy (non-hydrogen) atoms. The van der Waals surface area contributed by atoms with Crippen molar-refractivity contribution in [1.29, 1.82) is 0 Å². The number of carbonyl (C=O) groups excluding carboxylic acids is 1. The zero-order valence-corrected chi connectivity index (χ0v) is 24.9.